The molecule has 1 aliphatic heterocycles. The van der Waals surface area contributed by atoms with Gasteiger partial charge in [0.15, 0.2) is 0 Å². The molecule has 4 heteroatoms. The largest absolute Gasteiger partial charge is 0.468 e. The van der Waals surface area contributed by atoms with Crippen molar-refractivity contribution in [2.24, 2.45) is 0 Å². The number of ether oxygens (including phenoxy) is 1. The second-order valence-electron chi connectivity index (χ2n) is 5.21. The first-order valence-corrected chi connectivity index (χ1v) is 7.71. The van der Waals surface area contributed by atoms with Gasteiger partial charge in [-0.15, -0.1) is 0 Å². The van der Waals surface area contributed by atoms with Crippen molar-refractivity contribution < 1.29 is 9.53 Å². The molecule has 1 heterocycles. The first-order valence-electron chi connectivity index (χ1n) is 6.67. The minimum absolute atomic E-state index is 0.0656. The molecule has 2 fully saturated rings. The molecule has 17 heavy (non-hydrogen) atoms. The van der Waals surface area contributed by atoms with E-state index in [1.165, 1.54) is 32.8 Å². The van der Waals surface area contributed by atoms with E-state index in [1.54, 1.807) is 0 Å². The second-order valence-corrected chi connectivity index (χ2v) is 6.65. The molecule has 0 spiro atoms. The maximum atomic E-state index is 12.2. The quantitative estimate of drug-likeness (QED) is 0.788. The molecule has 0 radical (unpaired) electrons. The number of thioether (sulfide) groups is 1. The van der Waals surface area contributed by atoms with Crippen molar-refractivity contribution in [1.29, 1.82) is 0 Å². The van der Waals surface area contributed by atoms with Gasteiger partial charge < -0.3 is 4.74 Å². The summed E-state index contributed by atoms with van der Waals surface area (Å²) in [5.74, 6) is 1.09. The first-order chi connectivity index (χ1) is 8.19. The Kier molecular flexibility index (Phi) is 4.36. The van der Waals surface area contributed by atoms with E-state index in [2.05, 4.69) is 12.2 Å². The lowest BCUT2D eigenvalue weighted by molar-refractivity contribution is -0.149. The summed E-state index contributed by atoms with van der Waals surface area (Å²) >= 11 is 1.89. The Morgan fingerprint density at radius 3 is 2.65 bits per heavy atom. The van der Waals surface area contributed by atoms with Crippen molar-refractivity contribution >= 4 is 17.7 Å². The average Bonchev–Trinajstić information content (AvgIpc) is 2.84. The SMILES string of the molecule is COC(=O)C1(NC2CCCC2)CCCSC1C. The molecule has 0 aromatic heterocycles. The van der Waals surface area contributed by atoms with E-state index < -0.39 is 5.54 Å². The molecule has 1 saturated carbocycles. The van der Waals surface area contributed by atoms with Crippen LogP contribution in [0.5, 0.6) is 0 Å². The molecule has 0 aromatic carbocycles. The van der Waals surface area contributed by atoms with Crippen molar-refractivity contribution in [3.05, 3.63) is 0 Å². The third-order valence-corrected chi connectivity index (χ3v) is 5.57. The lowest BCUT2D eigenvalue weighted by atomic mass is 9.88. The van der Waals surface area contributed by atoms with Crippen LogP contribution in [-0.4, -0.2) is 35.7 Å². The van der Waals surface area contributed by atoms with Gasteiger partial charge in [0.1, 0.15) is 5.54 Å². The van der Waals surface area contributed by atoms with Crippen LogP contribution in [0.3, 0.4) is 0 Å². The number of esters is 1. The minimum atomic E-state index is -0.438. The maximum Gasteiger partial charge on any atom is 0.327 e. The van der Waals surface area contributed by atoms with Crippen LogP contribution in [-0.2, 0) is 9.53 Å². The molecule has 0 aromatic rings. The smallest absolute Gasteiger partial charge is 0.327 e. The van der Waals surface area contributed by atoms with E-state index in [0.29, 0.717) is 11.3 Å². The van der Waals surface area contributed by atoms with Crippen molar-refractivity contribution in [3.8, 4) is 0 Å². The van der Waals surface area contributed by atoms with Gasteiger partial charge in [0.05, 0.1) is 7.11 Å². The van der Waals surface area contributed by atoms with Crippen molar-refractivity contribution in [2.45, 2.75) is 62.3 Å². The lowest BCUT2D eigenvalue weighted by Gasteiger charge is -2.42. The average molecular weight is 257 g/mol. The predicted molar refractivity (Wildman–Crippen MR) is 71.3 cm³/mol. The van der Waals surface area contributed by atoms with E-state index in [9.17, 15) is 4.79 Å². The molecule has 1 aliphatic carbocycles. The van der Waals surface area contributed by atoms with E-state index in [-0.39, 0.29) is 5.97 Å². The zero-order chi connectivity index (χ0) is 12.3. The Labute approximate surface area is 108 Å². The van der Waals surface area contributed by atoms with Gasteiger partial charge in [0.25, 0.3) is 0 Å². The van der Waals surface area contributed by atoms with Gasteiger partial charge in [-0.25, -0.2) is 0 Å². The molecule has 0 bridgehead atoms. The molecular weight excluding hydrogens is 234 g/mol. The summed E-state index contributed by atoms with van der Waals surface area (Å²) in [4.78, 5) is 12.2. The summed E-state index contributed by atoms with van der Waals surface area (Å²) in [5, 5.41) is 3.95. The lowest BCUT2D eigenvalue weighted by Crippen LogP contribution is -2.62. The summed E-state index contributed by atoms with van der Waals surface area (Å²) in [6, 6.07) is 0.509. The van der Waals surface area contributed by atoms with Gasteiger partial charge >= 0.3 is 5.97 Å². The van der Waals surface area contributed by atoms with Crippen LogP contribution in [0.15, 0.2) is 0 Å². The van der Waals surface area contributed by atoms with Crippen molar-refractivity contribution in [2.75, 3.05) is 12.9 Å². The number of rotatable bonds is 3. The number of hydrogen-bond donors (Lipinski definition) is 1. The molecular formula is C13H23NO2S. The molecule has 2 aliphatic rings. The van der Waals surface area contributed by atoms with Crippen molar-refractivity contribution in [3.63, 3.8) is 0 Å². The molecule has 2 unspecified atom stereocenters. The van der Waals surface area contributed by atoms with E-state index in [4.69, 9.17) is 4.74 Å². The summed E-state index contributed by atoms with van der Waals surface area (Å²) < 4.78 is 5.06. The topological polar surface area (TPSA) is 38.3 Å². The van der Waals surface area contributed by atoms with Crippen LogP contribution in [0.1, 0.15) is 45.4 Å². The summed E-state index contributed by atoms with van der Waals surface area (Å²) in [6.45, 7) is 2.16. The Morgan fingerprint density at radius 2 is 2.06 bits per heavy atom. The highest BCUT2D eigenvalue weighted by molar-refractivity contribution is 8.00. The highest BCUT2D eigenvalue weighted by atomic mass is 32.2. The van der Waals surface area contributed by atoms with E-state index in [0.717, 1.165) is 18.6 Å². The van der Waals surface area contributed by atoms with Gasteiger partial charge in [-0.1, -0.05) is 19.8 Å². The summed E-state index contributed by atoms with van der Waals surface area (Å²) in [7, 11) is 1.51. The van der Waals surface area contributed by atoms with Crippen LogP contribution in [0.25, 0.3) is 0 Å². The van der Waals surface area contributed by atoms with Crippen molar-refractivity contribution in [1.82, 2.24) is 5.32 Å². The number of methoxy groups -OCH3 is 1. The zero-order valence-electron chi connectivity index (χ0n) is 10.8. The van der Waals surface area contributed by atoms with Crippen LogP contribution in [0.4, 0.5) is 0 Å². The van der Waals surface area contributed by atoms with Gasteiger partial charge in [-0.2, -0.15) is 11.8 Å². The third kappa shape index (κ3) is 2.63. The molecule has 1 N–H and O–H groups in total. The standard InChI is InChI=1S/C13H23NO2S/c1-10-13(12(15)16-2,8-5-9-17-10)14-11-6-3-4-7-11/h10-11,14H,3-9H2,1-2H3. The summed E-state index contributed by atoms with van der Waals surface area (Å²) in [5.41, 5.74) is -0.438. The Bertz CT molecular complexity index is 279. The van der Waals surface area contributed by atoms with Crippen LogP contribution < -0.4 is 5.32 Å². The Hall–Kier alpha value is -0.220. The zero-order valence-corrected chi connectivity index (χ0v) is 11.6. The molecule has 2 atom stereocenters. The highest BCUT2D eigenvalue weighted by Crippen LogP contribution is 2.36. The normalized spacial score (nSPS) is 34.8. The fourth-order valence-electron chi connectivity index (χ4n) is 3.09. The van der Waals surface area contributed by atoms with Gasteiger partial charge in [-0.05, 0) is 31.4 Å². The minimum Gasteiger partial charge on any atom is -0.468 e. The molecule has 3 nitrogen and oxygen atoms in total. The molecule has 0 amide bonds. The number of carbonyl (C=O) groups excluding carboxylic acids is 1. The van der Waals surface area contributed by atoms with E-state index in [1.807, 2.05) is 11.8 Å². The Balaban J connectivity index is 2.12. The predicted octanol–water partition coefficient (Wildman–Crippen LogP) is 2.35. The fourth-order valence-corrected chi connectivity index (χ4v) is 4.32. The number of nitrogens with one attached hydrogen (secondary N) is 1. The second kappa shape index (κ2) is 5.61. The maximum absolute atomic E-state index is 12.2. The molecule has 2 rings (SSSR count). The highest BCUT2D eigenvalue weighted by Gasteiger charge is 2.47. The molecule has 98 valence electrons. The molecule has 1 saturated heterocycles. The number of carbonyl (C=O) groups is 1. The fraction of sp³-hybridized carbons (Fsp3) is 0.923. The van der Waals surface area contributed by atoms with Gasteiger partial charge in [-0.3, -0.25) is 10.1 Å². The van der Waals surface area contributed by atoms with Gasteiger partial charge in [0.2, 0.25) is 0 Å². The number of hydrogen-bond acceptors (Lipinski definition) is 4. The Morgan fingerprint density at radius 1 is 1.35 bits per heavy atom. The van der Waals surface area contributed by atoms with Gasteiger partial charge in [0, 0.05) is 11.3 Å². The third-order valence-electron chi connectivity index (χ3n) is 4.14. The van der Waals surface area contributed by atoms with E-state index >= 15 is 0 Å². The first kappa shape index (κ1) is 13.2. The summed E-state index contributed by atoms with van der Waals surface area (Å²) in [6.07, 6.45) is 7.01. The monoisotopic (exact) mass is 257 g/mol. The van der Waals surface area contributed by atoms with Crippen LogP contribution in [0, 0.1) is 0 Å². The van der Waals surface area contributed by atoms with Crippen LogP contribution >= 0.6 is 11.8 Å². The van der Waals surface area contributed by atoms with Crippen LogP contribution in [0.2, 0.25) is 0 Å².